The summed E-state index contributed by atoms with van der Waals surface area (Å²) < 4.78 is 0. The molecule has 1 aliphatic heterocycles. The summed E-state index contributed by atoms with van der Waals surface area (Å²) in [7, 11) is 0. The summed E-state index contributed by atoms with van der Waals surface area (Å²) in [6.45, 7) is 5.92. The van der Waals surface area contributed by atoms with E-state index in [1.165, 1.54) is 5.56 Å². The highest BCUT2D eigenvalue weighted by molar-refractivity contribution is 5.60. The minimum absolute atomic E-state index is 0.221. The summed E-state index contributed by atoms with van der Waals surface area (Å²) in [5.41, 5.74) is 5.41. The monoisotopic (exact) mass is 360 g/mol. The van der Waals surface area contributed by atoms with Crippen LogP contribution in [0.5, 0.6) is 0 Å². The molecule has 3 aromatic rings. The van der Waals surface area contributed by atoms with Gasteiger partial charge in [-0.2, -0.15) is 0 Å². The lowest BCUT2D eigenvalue weighted by Crippen LogP contribution is -2.28. The summed E-state index contributed by atoms with van der Waals surface area (Å²) in [6, 6.07) is 10.3. The van der Waals surface area contributed by atoms with Gasteiger partial charge in [-0.1, -0.05) is 6.07 Å². The van der Waals surface area contributed by atoms with Gasteiger partial charge < -0.3 is 10.6 Å². The molecule has 6 heteroatoms. The van der Waals surface area contributed by atoms with Crippen LogP contribution >= 0.6 is 0 Å². The van der Waals surface area contributed by atoms with E-state index < -0.39 is 0 Å². The van der Waals surface area contributed by atoms with Gasteiger partial charge in [-0.15, -0.1) is 0 Å². The summed E-state index contributed by atoms with van der Waals surface area (Å²) in [6.07, 6.45) is 5.33. The van der Waals surface area contributed by atoms with E-state index in [-0.39, 0.29) is 6.04 Å². The average molecular weight is 360 g/mol. The van der Waals surface area contributed by atoms with Crippen molar-refractivity contribution in [2.75, 3.05) is 11.9 Å². The van der Waals surface area contributed by atoms with Crippen LogP contribution in [0.2, 0.25) is 0 Å². The first-order valence-corrected chi connectivity index (χ1v) is 9.39. The highest BCUT2D eigenvalue weighted by Gasteiger charge is 2.19. The van der Waals surface area contributed by atoms with Crippen molar-refractivity contribution >= 4 is 5.82 Å². The number of nitrogens with one attached hydrogen (secondary N) is 2. The maximum atomic E-state index is 4.86. The van der Waals surface area contributed by atoms with E-state index in [0.29, 0.717) is 0 Å². The van der Waals surface area contributed by atoms with E-state index in [1.54, 1.807) is 12.4 Å². The van der Waals surface area contributed by atoms with Crippen LogP contribution in [0, 0.1) is 6.92 Å². The summed E-state index contributed by atoms with van der Waals surface area (Å²) in [5, 5.41) is 7.02. The number of aromatic nitrogens is 4. The first-order valence-electron chi connectivity index (χ1n) is 9.39. The van der Waals surface area contributed by atoms with Gasteiger partial charge in [-0.25, -0.2) is 9.97 Å². The van der Waals surface area contributed by atoms with Crippen molar-refractivity contribution in [1.82, 2.24) is 25.3 Å². The number of hydrogen-bond acceptors (Lipinski definition) is 6. The molecule has 2 N–H and O–H groups in total. The molecule has 138 valence electrons. The van der Waals surface area contributed by atoms with Crippen LogP contribution in [0.3, 0.4) is 0 Å². The van der Waals surface area contributed by atoms with E-state index in [0.717, 1.165) is 60.2 Å². The number of hydrogen-bond donors (Lipinski definition) is 2. The lowest BCUT2D eigenvalue weighted by Gasteiger charge is -2.23. The zero-order valence-electron chi connectivity index (χ0n) is 15.7. The van der Waals surface area contributed by atoms with Crippen LogP contribution in [0.25, 0.3) is 11.4 Å². The predicted octanol–water partition coefficient (Wildman–Crippen LogP) is 2.93. The molecule has 6 nitrogen and oxygen atoms in total. The fourth-order valence-electron chi connectivity index (χ4n) is 3.42. The van der Waals surface area contributed by atoms with E-state index in [9.17, 15) is 0 Å². The Balaban J connectivity index is 1.62. The molecular weight excluding hydrogens is 336 g/mol. The van der Waals surface area contributed by atoms with E-state index in [2.05, 4.69) is 39.7 Å². The van der Waals surface area contributed by atoms with Gasteiger partial charge in [0.25, 0.3) is 0 Å². The zero-order valence-corrected chi connectivity index (χ0v) is 15.7. The lowest BCUT2D eigenvalue weighted by molar-refractivity contribution is 0.623. The van der Waals surface area contributed by atoms with Crippen LogP contribution < -0.4 is 10.6 Å². The van der Waals surface area contributed by atoms with Gasteiger partial charge >= 0.3 is 0 Å². The van der Waals surface area contributed by atoms with E-state index in [4.69, 9.17) is 9.97 Å². The molecule has 4 heterocycles. The number of aryl methyl sites for hydroxylation is 1. The molecule has 0 aliphatic carbocycles. The Morgan fingerprint density at radius 1 is 1.11 bits per heavy atom. The molecule has 3 aromatic heterocycles. The Kier molecular flexibility index (Phi) is 5.07. The highest BCUT2D eigenvalue weighted by Crippen LogP contribution is 2.25. The first kappa shape index (κ1) is 17.5. The molecular formula is C21H24N6. The number of fused-ring (bicyclic) bond motifs is 1. The normalized spacial score (nSPS) is 14.4. The second-order valence-electron chi connectivity index (χ2n) is 7.00. The van der Waals surface area contributed by atoms with Gasteiger partial charge in [0.2, 0.25) is 0 Å². The molecule has 0 amide bonds. The SMILES string of the molecule is Cc1cccc(C[C@@H](C)Nc2nc(-c3ccncc3)nc3c2CCNC3)n1. The van der Waals surface area contributed by atoms with Crippen molar-refractivity contribution in [3.05, 3.63) is 65.4 Å². The van der Waals surface area contributed by atoms with Crippen molar-refractivity contribution < 1.29 is 0 Å². The molecule has 0 saturated carbocycles. The molecule has 0 fully saturated rings. The summed E-state index contributed by atoms with van der Waals surface area (Å²) in [4.78, 5) is 18.4. The molecule has 0 radical (unpaired) electrons. The molecule has 1 aliphatic rings. The standard InChI is InChI=1S/C21H24N6/c1-14-4-3-5-17(24-14)12-15(2)25-21-18-8-11-23-13-19(18)26-20(27-21)16-6-9-22-10-7-16/h3-7,9-10,15,23H,8,11-13H2,1-2H3,(H,25,26,27)/t15-/m1/s1. The third-order valence-electron chi connectivity index (χ3n) is 4.72. The third kappa shape index (κ3) is 4.11. The summed E-state index contributed by atoms with van der Waals surface area (Å²) in [5.74, 6) is 1.68. The van der Waals surface area contributed by atoms with Crippen molar-refractivity contribution in [3.8, 4) is 11.4 Å². The number of anilines is 1. The van der Waals surface area contributed by atoms with E-state index >= 15 is 0 Å². The molecule has 4 rings (SSSR count). The fourth-order valence-corrected chi connectivity index (χ4v) is 3.42. The van der Waals surface area contributed by atoms with Gasteiger partial charge in [0.1, 0.15) is 5.82 Å². The Morgan fingerprint density at radius 2 is 1.96 bits per heavy atom. The van der Waals surface area contributed by atoms with Crippen molar-refractivity contribution in [3.63, 3.8) is 0 Å². The van der Waals surface area contributed by atoms with Gasteiger partial charge in [0, 0.05) is 53.9 Å². The second kappa shape index (κ2) is 7.80. The zero-order chi connectivity index (χ0) is 18.6. The minimum Gasteiger partial charge on any atom is -0.367 e. The van der Waals surface area contributed by atoms with Crippen molar-refractivity contribution in [2.45, 2.75) is 39.3 Å². The number of nitrogens with zero attached hydrogens (tertiary/aromatic N) is 4. The highest BCUT2D eigenvalue weighted by atomic mass is 15.1. The predicted molar refractivity (Wildman–Crippen MR) is 106 cm³/mol. The van der Waals surface area contributed by atoms with Gasteiger partial charge in [-0.05, 0) is 51.1 Å². The van der Waals surface area contributed by atoms with Crippen LogP contribution in [0.4, 0.5) is 5.82 Å². The maximum absolute atomic E-state index is 4.86. The smallest absolute Gasteiger partial charge is 0.161 e. The molecule has 0 aromatic carbocycles. The molecule has 0 unspecified atom stereocenters. The first-order chi connectivity index (χ1) is 13.2. The number of rotatable bonds is 5. The van der Waals surface area contributed by atoms with Gasteiger partial charge in [-0.3, -0.25) is 9.97 Å². The molecule has 0 bridgehead atoms. The van der Waals surface area contributed by atoms with E-state index in [1.807, 2.05) is 25.1 Å². The van der Waals surface area contributed by atoms with Gasteiger partial charge in [0.05, 0.1) is 5.69 Å². The van der Waals surface area contributed by atoms with Crippen LogP contribution in [-0.2, 0) is 19.4 Å². The largest absolute Gasteiger partial charge is 0.367 e. The Labute approximate surface area is 159 Å². The van der Waals surface area contributed by atoms with Gasteiger partial charge in [0.15, 0.2) is 5.82 Å². The molecule has 0 spiro atoms. The Morgan fingerprint density at radius 3 is 2.78 bits per heavy atom. The lowest BCUT2D eigenvalue weighted by atomic mass is 10.1. The minimum atomic E-state index is 0.221. The fraction of sp³-hybridized carbons (Fsp3) is 0.333. The Bertz CT molecular complexity index is 925. The third-order valence-corrected chi connectivity index (χ3v) is 4.72. The van der Waals surface area contributed by atoms with Crippen LogP contribution in [-0.4, -0.2) is 32.5 Å². The number of pyridine rings is 2. The van der Waals surface area contributed by atoms with Crippen molar-refractivity contribution in [2.24, 2.45) is 0 Å². The molecule has 27 heavy (non-hydrogen) atoms. The summed E-state index contributed by atoms with van der Waals surface area (Å²) >= 11 is 0. The quantitative estimate of drug-likeness (QED) is 0.729. The van der Waals surface area contributed by atoms with Crippen molar-refractivity contribution in [1.29, 1.82) is 0 Å². The Hall–Kier alpha value is -2.86. The molecule has 1 atom stereocenters. The molecule has 0 saturated heterocycles. The second-order valence-corrected chi connectivity index (χ2v) is 7.00. The topological polar surface area (TPSA) is 75.6 Å². The van der Waals surface area contributed by atoms with Crippen LogP contribution in [0.15, 0.2) is 42.7 Å². The van der Waals surface area contributed by atoms with Crippen LogP contribution in [0.1, 0.15) is 29.6 Å². The average Bonchev–Trinajstić information content (AvgIpc) is 2.68. The maximum Gasteiger partial charge on any atom is 0.161 e.